The van der Waals surface area contributed by atoms with Crippen LogP contribution < -0.4 is 10.6 Å². The zero-order valence-corrected chi connectivity index (χ0v) is 13.8. The normalized spacial score (nSPS) is 10.5. The van der Waals surface area contributed by atoms with Crippen LogP contribution in [0.3, 0.4) is 0 Å². The van der Waals surface area contributed by atoms with Gasteiger partial charge in [-0.2, -0.15) is 0 Å². The number of nitrogens with one attached hydrogen (secondary N) is 2. The maximum absolute atomic E-state index is 12.2. The molecule has 2 aromatic heterocycles. The van der Waals surface area contributed by atoms with E-state index in [-0.39, 0.29) is 17.5 Å². The highest BCUT2D eigenvalue weighted by Gasteiger charge is 2.11. The van der Waals surface area contributed by atoms with E-state index in [1.165, 1.54) is 12.3 Å². The second-order valence-electron chi connectivity index (χ2n) is 5.53. The zero-order chi connectivity index (χ0) is 17.4. The molecule has 0 aliphatic heterocycles. The van der Waals surface area contributed by atoms with E-state index in [9.17, 15) is 9.59 Å². The second-order valence-corrected chi connectivity index (χ2v) is 5.53. The van der Waals surface area contributed by atoms with Crippen LogP contribution in [0, 0.1) is 0 Å². The lowest BCUT2D eigenvalue weighted by Gasteiger charge is -2.10. The molecule has 0 saturated heterocycles. The molecule has 0 saturated carbocycles. The van der Waals surface area contributed by atoms with Crippen LogP contribution in [0.1, 0.15) is 26.4 Å². The summed E-state index contributed by atoms with van der Waals surface area (Å²) in [5.41, 5.74) is 1.52. The van der Waals surface area contributed by atoms with Gasteiger partial charge in [0.05, 0.1) is 0 Å². The maximum atomic E-state index is 12.2. The molecule has 0 aliphatic rings. The Morgan fingerprint density at radius 2 is 1.96 bits per heavy atom. The van der Waals surface area contributed by atoms with Gasteiger partial charge in [-0.3, -0.25) is 19.6 Å². The summed E-state index contributed by atoms with van der Waals surface area (Å²) in [5, 5.41) is 5.57. The monoisotopic (exact) mass is 327 g/mol. The van der Waals surface area contributed by atoms with Gasteiger partial charge in [0, 0.05) is 43.8 Å². The molecular weight excluding hydrogens is 306 g/mol. The van der Waals surface area contributed by atoms with E-state index in [0.29, 0.717) is 18.7 Å². The highest BCUT2D eigenvalue weighted by Crippen LogP contribution is 2.03. The summed E-state index contributed by atoms with van der Waals surface area (Å²) in [6, 6.07) is 6.76. The summed E-state index contributed by atoms with van der Waals surface area (Å²) in [6.07, 6.45) is 4.83. The van der Waals surface area contributed by atoms with Crippen LogP contribution in [0.4, 0.5) is 0 Å². The summed E-state index contributed by atoms with van der Waals surface area (Å²) in [6.45, 7) is 1.63. The Bertz CT molecular complexity index is 688. The molecule has 0 aliphatic carbocycles. The Morgan fingerprint density at radius 1 is 1.12 bits per heavy atom. The van der Waals surface area contributed by atoms with Gasteiger partial charge in [-0.05, 0) is 37.9 Å². The van der Waals surface area contributed by atoms with Crippen molar-refractivity contribution < 1.29 is 9.59 Å². The molecule has 0 bridgehead atoms. The Balaban J connectivity index is 1.93. The second kappa shape index (κ2) is 8.73. The van der Waals surface area contributed by atoms with E-state index in [1.54, 1.807) is 18.5 Å². The number of likely N-dealkylation sites (N-methyl/N-ethyl adjacent to an activating group) is 1. The summed E-state index contributed by atoms with van der Waals surface area (Å²) in [7, 11) is 3.86. The summed E-state index contributed by atoms with van der Waals surface area (Å²) >= 11 is 0. The minimum absolute atomic E-state index is 0.225. The van der Waals surface area contributed by atoms with Crippen LogP contribution in [-0.4, -0.2) is 53.9 Å². The van der Waals surface area contributed by atoms with Gasteiger partial charge >= 0.3 is 0 Å². The van der Waals surface area contributed by atoms with Crippen molar-refractivity contribution in [3.63, 3.8) is 0 Å². The van der Waals surface area contributed by atoms with Crippen molar-refractivity contribution in [2.24, 2.45) is 0 Å². The van der Waals surface area contributed by atoms with Crippen LogP contribution in [-0.2, 0) is 6.54 Å². The van der Waals surface area contributed by atoms with E-state index in [4.69, 9.17) is 0 Å². The lowest BCUT2D eigenvalue weighted by atomic mass is 10.2. The highest BCUT2D eigenvalue weighted by atomic mass is 16.2. The van der Waals surface area contributed by atoms with Gasteiger partial charge in [-0.25, -0.2) is 0 Å². The van der Waals surface area contributed by atoms with Gasteiger partial charge < -0.3 is 15.5 Å². The first-order valence-corrected chi connectivity index (χ1v) is 7.62. The lowest BCUT2D eigenvalue weighted by Crippen LogP contribution is -2.32. The van der Waals surface area contributed by atoms with Crippen LogP contribution >= 0.6 is 0 Å². The molecule has 24 heavy (non-hydrogen) atoms. The van der Waals surface area contributed by atoms with E-state index < -0.39 is 0 Å². The predicted octanol–water partition coefficient (Wildman–Crippen LogP) is 0.698. The first-order valence-electron chi connectivity index (χ1n) is 7.62. The van der Waals surface area contributed by atoms with Crippen LogP contribution in [0.25, 0.3) is 0 Å². The van der Waals surface area contributed by atoms with Crippen molar-refractivity contribution in [1.82, 2.24) is 25.5 Å². The molecule has 2 N–H and O–H groups in total. The molecule has 0 radical (unpaired) electrons. The van der Waals surface area contributed by atoms with Gasteiger partial charge in [0.15, 0.2) is 0 Å². The molecule has 2 amide bonds. The number of hydrogen-bond acceptors (Lipinski definition) is 5. The third kappa shape index (κ3) is 5.44. The average Bonchev–Trinajstić information content (AvgIpc) is 2.60. The number of carbonyl (C=O) groups excluding carboxylic acids is 2. The predicted molar refractivity (Wildman–Crippen MR) is 90.5 cm³/mol. The quantitative estimate of drug-likeness (QED) is 0.781. The van der Waals surface area contributed by atoms with Crippen molar-refractivity contribution in [3.8, 4) is 0 Å². The standard InChI is InChI=1S/C17H21N5O2/c1-22(2)9-8-20-17(24)15-10-14(5-7-19-15)16(23)21-12-13-4-3-6-18-11-13/h3-7,10-11H,8-9,12H2,1-2H3,(H,20,24)(H,21,23). The molecule has 7 heteroatoms. The molecule has 0 atom stereocenters. The summed E-state index contributed by atoms with van der Waals surface area (Å²) < 4.78 is 0. The van der Waals surface area contributed by atoms with Gasteiger partial charge in [0.2, 0.25) is 0 Å². The van der Waals surface area contributed by atoms with Crippen molar-refractivity contribution in [3.05, 3.63) is 59.7 Å². The Hall–Kier alpha value is -2.80. The molecule has 2 heterocycles. The van der Waals surface area contributed by atoms with Crippen LogP contribution in [0.2, 0.25) is 0 Å². The number of pyridine rings is 2. The molecule has 0 spiro atoms. The number of carbonyl (C=O) groups is 2. The summed E-state index contributed by atoms with van der Waals surface area (Å²) in [5.74, 6) is -0.553. The highest BCUT2D eigenvalue weighted by molar-refractivity contribution is 5.98. The molecule has 0 unspecified atom stereocenters. The number of hydrogen-bond donors (Lipinski definition) is 2. The van der Waals surface area contributed by atoms with Crippen molar-refractivity contribution in [2.75, 3.05) is 27.2 Å². The fourth-order valence-corrected chi connectivity index (χ4v) is 1.97. The van der Waals surface area contributed by atoms with E-state index in [0.717, 1.165) is 12.1 Å². The zero-order valence-electron chi connectivity index (χ0n) is 13.8. The summed E-state index contributed by atoms with van der Waals surface area (Å²) in [4.78, 5) is 34.2. The number of amides is 2. The Kier molecular flexibility index (Phi) is 6.39. The fraction of sp³-hybridized carbons (Fsp3) is 0.294. The van der Waals surface area contributed by atoms with Gasteiger partial charge in [-0.1, -0.05) is 6.07 Å². The number of nitrogens with zero attached hydrogens (tertiary/aromatic N) is 3. The van der Waals surface area contributed by atoms with E-state index in [1.807, 2.05) is 31.1 Å². The Morgan fingerprint density at radius 3 is 2.67 bits per heavy atom. The molecule has 2 rings (SSSR count). The SMILES string of the molecule is CN(C)CCNC(=O)c1cc(C(=O)NCc2cccnc2)ccn1. The van der Waals surface area contributed by atoms with Crippen molar-refractivity contribution in [1.29, 1.82) is 0 Å². The molecular formula is C17H21N5O2. The number of aromatic nitrogens is 2. The van der Waals surface area contributed by atoms with Crippen molar-refractivity contribution in [2.45, 2.75) is 6.54 Å². The third-order valence-electron chi connectivity index (χ3n) is 3.28. The molecule has 2 aromatic rings. The largest absolute Gasteiger partial charge is 0.349 e. The first kappa shape index (κ1) is 17.6. The van der Waals surface area contributed by atoms with Crippen LogP contribution in [0.5, 0.6) is 0 Å². The topological polar surface area (TPSA) is 87.2 Å². The van der Waals surface area contributed by atoms with Crippen LogP contribution in [0.15, 0.2) is 42.9 Å². The van der Waals surface area contributed by atoms with E-state index in [2.05, 4.69) is 20.6 Å². The minimum Gasteiger partial charge on any atom is -0.349 e. The molecule has 0 fully saturated rings. The molecule has 7 nitrogen and oxygen atoms in total. The molecule has 126 valence electrons. The first-order chi connectivity index (χ1) is 11.6. The van der Waals surface area contributed by atoms with Gasteiger partial charge in [-0.15, -0.1) is 0 Å². The Labute approximate surface area is 141 Å². The fourth-order valence-electron chi connectivity index (χ4n) is 1.97. The maximum Gasteiger partial charge on any atom is 0.269 e. The average molecular weight is 327 g/mol. The van der Waals surface area contributed by atoms with E-state index >= 15 is 0 Å². The minimum atomic E-state index is -0.293. The van der Waals surface area contributed by atoms with Gasteiger partial charge in [0.25, 0.3) is 11.8 Å². The van der Waals surface area contributed by atoms with Gasteiger partial charge in [0.1, 0.15) is 5.69 Å². The number of rotatable bonds is 7. The lowest BCUT2D eigenvalue weighted by molar-refractivity contribution is 0.0946. The molecule has 0 aromatic carbocycles. The smallest absolute Gasteiger partial charge is 0.269 e. The van der Waals surface area contributed by atoms with Crippen molar-refractivity contribution >= 4 is 11.8 Å². The third-order valence-corrected chi connectivity index (χ3v) is 3.28.